The molecule has 4 rings (SSSR count). The molecule has 0 atom stereocenters. The van der Waals surface area contributed by atoms with Crippen LogP contribution in [0.3, 0.4) is 0 Å². The van der Waals surface area contributed by atoms with Crippen molar-refractivity contribution in [3.8, 4) is 5.75 Å². The number of fused-ring (bicyclic) bond motifs is 1. The predicted molar refractivity (Wildman–Crippen MR) is 108 cm³/mol. The number of anilines is 1. The minimum Gasteiger partial charge on any atom is -0.497 e. The molecule has 1 saturated heterocycles. The van der Waals surface area contributed by atoms with Crippen LogP contribution in [0.2, 0.25) is 0 Å². The molecule has 0 spiro atoms. The largest absolute Gasteiger partial charge is 0.497 e. The van der Waals surface area contributed by atoms with Crippen molar-refractivity contribution in [1.29, 1.82) is 0 Å². The van der Waals surface area contributed by atoms with Gasteiger partial charge in [0.2, 0.25) is 10.0 Å². The maximum absolute atomic E-state index is 13.1. The second kappa shape index (κ2) is 7.21. The van der Waals surface area contributed by atoms with Gasteiger partial charge in [-0.25, -0.2) is 8.42 Å². The minimum absolute atomic E-state index is 0.357. The predicted octanol–water partition coefficient (Wildman–Crippen LogP) is 3.36. The van der Waals surface area contributed by atoms with Crippen LogP contribution >= 0.6 is 0 Å². The van der Waals surface area contributed by atoms with Gasteiger partial charge in [-0.2, -0.15) is 4.31 Å². The topological polar surface area (TPSA) is 49.9 Å². The van der Waals surface area contributed by atoms with Crippen LogP contribution < -0.4 is 9.64 Å². The fourth-order valence-corrected chi connectivity index (χ4v) is 4.93. The van der Waals surface area contributed by atoms with E-state index >= 15 is 0 Å². The number of methoxy groups -OCH3 is 1. The van der Waals surface area contributed by atoms with E-state index in [2.05, 4.69) is 4.90 Å². The molecule has 1 aliphatic rings. The molecule has 1 heterocycles. The highest BCUT2D eigenvalue weighted by Crippen LogP contribution is 2.25. The fraction of sp³-hybridized carbons (Fsp3) is 0.238. The first-order valence-electron chi connectivity index (χ1n) is 8.96. The van der Waals surface area contributed by atoms with Crippen LogP contribution in [0.25, 0.3) is 10.8 Å². The summed E-state index contributed by atoms with van der Waals surface area (Å²) in [6, 6.07) is 21.0. The van der Waals surface area contributed by atoms with Crippen molar-refractivity contribution in [3.63, 3.8) is 0 Å². The van der Waals surface area contributed by atoms with Crippen LogP contribution in [0, 0.1) is 0 Å². The first-order valence-corrected chi connectivity index (χ1v) is 10.4. The Labute approximate surface area is 159 Å². The van der Waals surface area contributed by atoms with E-state index in [9.17, 15) is 8.42 Å². The lowest BCUT2D eigenvalue weighted by atomic mass is 10.1. The summed E-state index contributed by atoms with van der Waals surface area (Å²) in [5.41, 5.74) is 1.05. The first kappa shape index (κ1) is 17.8. The molecule has 0 aliphatic carbocycles. The second-order valence-electron chi connectivity index (χ2n) is 6.60. The lowest BCUT2D eigenvalue weighted by molar-refractivity contribution is 0.384. The molecule has 1 aliphatic heterocycles. The molecule has 0 radical (unpaired) electrons. The van der Waals surface area contributed by atoms with Crippen molar-refractivity contribution in [1.82, 2.24) is 4.31 Å². The Kier molecular flexibility index (Phi) is 4.76. The van der Waals surface area contributed by atoms with Crippen molar-refractivity contribution in [2.75, 3.05) is 38.2 Å². The molecule has 0 saturated carbocycles. The Hall–Kier alpha value is -2.57. The molecule has 3 aromatic rings. The molecule has 0 amide bonds. The molecular weight excluding hydrogens is 360 g/mol. The summed E-state index contributed by atoms with van der Waals surface area (Å²) in [6.07, 6.45) is 0. The number of hydrogen-bond acceptors (Lipinski definition) is 4. The van der Waals surface area contributed by atoms with E-state index in [4.69, 9.17) is 4.74 Å². The summed E-state index contributed by atoms with van der Waals surface area (Å²) in [5, 5.41) is 1.98. The van der Waals surface area contributed by atoms with Crippen molar-refractivity contribution in [2.45, 2.75) is 4.90 Å². The average Bonchev–Trinajstić information content (AvgIpc) is 2.73. The third-order valence-corrected chi connectivity index (χ3v) is 6.91. The first-order chi connectivity index (χ1) is 13.1. The summed E-state index contributed by atoms with van der Waals surface area (Å²) < 4.78 is 33.0. The molecule has 0 N–H and O–H groups in total. The summed E-state index contributed by atoms with van der Waals surface area (Å²) >= 11 is 0. The third-order valence-electron chi connectivity index (χ3n) is 5.02. The van der Waals surface area contributed by atoms with E-state index in [1.807, 2.05) is 54.6 Å². The molecule has 27 heavy (non-hydrogen) atoms. The van der Waals surface area contributed by atoms with Gasteiger partial charge in [-0.05, 0) is 35.0 Å². The number of ether oxygens (including phenoxy) is 1. The molecule has 0 unspecified atom stereocenters. The number of hydrogen-bond donors (Lipinski definition) is 0. The molecule has 0 aromatic heterocycles. The van der Waals surface area contributed by atoms with Crippen molar-refractivity contribution in [3.05, 3.63) is 66.7 Å². The van der Waals surface area contributed by atoms with Crippen LogP contribution in [-0.2, 0) is 10.0 Å². The van der Waals surface area contributed by atoms with Gasteiger partial charge in [0, 0.05) is 37.9 Å². The third kappa shape index (κ3) is 3.50. The van der Waals surface area contributed by atoms with Gasteiger partial charge in [-0.1, -0.05) is 36.4 Å². The summed E-state index contributed by atoms with van der Waals surface area (Å²) in [4.78, 5) is 2.55. The van der Waals surface area contributed by atoms with Crippen LogP contribution in [0.5, 0.6) is 5.75 Å². The molecule has 1 fully saturated rings. The van der Waals surface area contributed by atoms with Gasteiger partial charge in [0.25, 0.3) is 0 Å². The average molecular weight is 382 g/mol. The van der Waals surface area contributed by atoms with E-state index < -0.39 is 10.0 Å². The SMILES string of the molecule is COc1cccc(N2CCN(S(=O)(=O)c3ccc4ccccc4c3)CC2)c1. The lowest BCUT2D eigenvalue weighted by Crippen LogP contribution is -2.48. The Bertz CT molecular complexity index is 1060. The normalized spacial score (nSPS) is 15.8. The highest BCUT2D eigenvalue weighted by Gasteiger charge is 2.28. The zero-order valence-corrected chi connectivity index (χ0v) is 16.0. The maximum Gasteiger partial charge on any atom is 0.243 e. The molecule has 5 nitrogen and oxygen atoms in total. The van der Waals surface area contributed by atoms with Gasteiger partial charge in [-0.3, -0.25) is 0 Å². The number of sulfonamides is 1. The molecule has 6 heteroatoms. The summed E-state index contributed by atoms with van der Waals surface area (Å²) in [6.45, 7) is 2.23. The summed E-state index contributed by atoms with van der Waals surface area (Å²) in [5.74, 6) is 0.804. The van der Waals surface area contributed by atoms with Crippen molar-refractivity contribution >= 4 is 26.5 Å². The van der Waals surface area contributed by atoms with Crippen molar-refractivity contribution in [2.24, 2.45) is 0 Å². The van der Waals surface area contributed by atoms with Crippen molar-refractivity contribution < 1.29 is 13.2 Å². The van der Waals surface area contributed by atoms with Gasteiger partial charge < -0.3 is 9.64 Å². The standard InChI is InChI=1S/C21H22N2O3S/c1-26-20-8-4-7-19(16-20)22-11-13-23(14-12-22)27(24,25)21-10-9-17-5-2-3-6-18(17)15-21/h2-10,15-16H,11-14H2,1H3. The number of rotatable bonds is 4. The Morgan fingerprint density at radius 3 is 2.30 bits per heavy atom. The Morgan fingerprint density at radius 1 is 0.815 bits per heavy atom. The fourth-order valence-electron chi connectivity index (χ4n) is 3.47. The molecule has 3 aromatic carbocycles. The Morgan fingerprint density at radius 2 is 1.56 bits per heavy atom. The zero-order valence-electron chi connectivity index (χ0n) is 15.2. The maximum atomic E-state index is 13.1. The van der Waals surface area contributed by atoms with Crippen LogP contribution in [0.4, 0.5) is 5.69 Å². The monoisotopic (exact) mass is 382 g/mol. The van der Waals surface area contributed by atoms with E-state index in [0.717, 1.165) is 22.2 Å². The Balaban J connectivity index is 1.52. The smallest absolute Gasteiger partial charge is 0.243 e. The van der Waals surface area contributed by atoms with Gasteiger partial charge in [0.05, 0.1) is 12.0 Å². The van der Waals surface area contributed by atoms with Gasteiger partial charge in [-0.15, -0.1) is 0 Å². The number of benzene rings is 3. The highest BCUT2D eigenvalue weighted by molar-refractivity contribution is 7.89. The quantitative estimate of drug-likeness (QED) is 0.694. The van der Waals surface area contributed by atoms with Crippen LogP contribution in [0.1, 0.15) is 0 Å². The van der Waals surface area contributed by atoms with Gasteiger partial charge in [0.1, 0.15) is 5.75 Å². The van der Waals surface area contributed by atoms with Gasteiger partial charge >= 0.3 is 0 Å². The number of piperazine rings is 1. The minimum atomic E-state index is -3.49. The van der Waals surface area contributed by atoms with E-state index in [1.54, 1.807) is 23.5 Å². The molecule has 0 bridgehead atoms. The van der Waals surface area contributed by atoms with E-state index in [0.29, 0.717) is 31.1 Å². The van der Waals surface area contributed by atoms with Crippen LogP contribution in [-0.4, -0.2) is 46.0 Å². The zero-order chi connectivity index (χ0) is 18.9. The second-order valence-corrected chi connectivity index (χ2v) is 8.54. The lowest BCUT2D eigenvalue weighted by Gasteiger charge is -2.35. The van der Waals surface area contributed by atoms with Crippen LogP contribution in [0.15, 0.2) is 71.6 Å². The van der Waals surface area contributed by atoms with E-state index in [-0.39, 0.29) is 0 Å². The van der Waals surface area contributed by atoms with Gasteiger partial charge in [0.15, 0.2) is 0 Å². The molecule has 140 valence electrons. The van der Waals surface area contributed by atoms with E-state index in [1.165, 1.54) is 0 Å². The molecular formula is C21H22N2O3S. The summed E-state index contributed by atoms with van der Waals surface area (Å²) in [7, 11) is -1.84. The highest BCUT2D eigenvalue weighted by atomic mass is 32.2. The number of nitrogens with zero attached hydrogens (tertiary/aromatic N) is 2.